The van der Waals surface area contributed by atoms with Crippen molar-refractivity contribution in [2.75, 3.05) is 0 Å². The zero-order valence-electron chi connectivity index (χ0n) is 16.4. The first kappa shape index (κ1) is 20.2. The third kappa shape index (κ3) is 5.97. The van der Waals surface area contributed by atoms with E-state index in [0.717, 1.165) is 11.1 Å². The second-order valence-corrected chi connectivity index (χ2v) is 6.65. The molecule has 0 aliphatic rings. The summed E-state index contributed by atoms with van der Waals surface area (Å²) >= 11 is 0. The molecule has 1 unspecified atom stereocenters. The number of carbonyl (C=O) groups is 2. The van der Waals surface area contributed by atoms with Gasteiger partial charge >= 0.3 is 11.9 Å². The molecule has 0 bridgehead atoms. The smallest absolute Gasteiger partial charge is 0.338 e. The third-order valence-electron chi connectivity index (χ3n) is 4.24. The number of carbonyl (C=O) groups excluding carboxylic acids is 2. The molecule has 0 N–H and O–H groups in total. The summed E-state index contributed by atoms with van der Waals surface area (Å²) < 4.78 is 10.5. The van der Waals surface area contributed by atoms with E-state index < -0.39 is 0 Å². The first-order valence-electron chi connectivity index (χ1n) is 9.37. The minimum atomic E-state index is -0.359. The van der Waals surface area contributed by atoms with Gasteiger partial charge in [-0.2, -0.15) is 0 Å². The highest BCUT2D eigenvalue weighted by Gasteiger charge is 2.12. The molecule has 1 heterocycles. The minimum Gasteiger partial charge on any atom is -0.459 e. The molecule has 0 saturated carbocycles. The van der Waals surface area contributed by atoms with E-state index >= 15 is 0 Å². The van der Waals surface area contributed by atoms with E-state index in [1.54, 1.807) is 48.8 Å². The SMILES string of the molecule is CC(=O)Oc1ccc(-c2ncc(CCC(C)OC(=O)c3ccccc3)cn2)cc1. The predicted octanol–water partition coefficient (Wildman–Crippen LogP) is 4.25. The highest BCUT2D eigenvalue weighted by atomic mass is 16.5. The minimum absolute atomic E-state index is 0.212. The molecule has 0 spiro atoms. The van der Waals surface area contributed by atoms with Gasteiger partial charge in [0.05, 0.1) is 11.7 Å². The molecule has 29 heavy (non-hydrogen) atoms. The fraction of sp³-hybridized carbons (Fsp3) is 0.217. The van der Waals surface area contributed by atoms with Crippen LogP contribution in [-0.4, -0.2) is 28.0 Å². The zero-order chi connectivity index (χ0) is 20.6. The van der Waals surface area contributed by atoms with Crippen LogP contribution in [0.5, 0.6) is 5.75 Å². The summed E-state index contributed by atoms with van der Waals surface area (Å²) in [5.41, 5.74) is 2.34. The third-order valence-corrected chi connectivity index (χ3v) is 4.24. The first-order chi connectivity index (χ1) is 14.0. The summed E-state index contributed by atoms with van der Waals surface area (Å²) in [6.07, 6.45) is 4.71. The summed E-state index contributed by atoms with van der Waals surface area (Å²) in [5.74, 6) is 0.396. The topological polar surface area (TPSA) is 78.4 Å². The Balaban J connectivity index is 1.52. The molecule has 0 aliphatic heterocycles. The lowest BCUT2D eigenvalue weighted by atomic mass is 10.1. The zero-order valence-corrected chi connectivity index (χ0v) is 16.4. The standard InChI is InChI=1S/C23H22N2O4/c1-16(28-23(27)20-6-4-3-5-7-20)8-9-18-14-24-22(25-15-18)19-10-12-21(13-11-19)29-17(2)26/h3-7,10-16H,8-9H2,1-2H3. The summed E-state index contributed by atoms with van der Waals surface area (Å²) in [4.78, 5) is 31.8. The Morgan fingerprint density at radius 2 is 1.62 bits per heavy atom. The van der Waals surface area contributed by atoms with Gasteiger partial charge in [0.2, 0.25) is 0 Å². The molecule has 0 saturated heterocycles. The van der Waals surface area contributed by atoms with Crippen molar-refractivity contribution < 1.29 is 19.1 Å². The number of aromatic nitrogens is 2. The van der Waals surface area contributed by atoms with Crippen LogP contribution >= 0.6 is 0 Å². The van der Waals surface area contributed by atoms with Crippen molar-refractivity contribution in [1.29, 1.82) is 0 Å². The molecule has 6 nitrogen and oxygen atoms in total. The highest BCUT2D eigenvalue weighted by molar-refractivity contribution is 5.89. The lowest BCUT2D eigenvalue weighted by Crippen LogP contribution is -2.15. The van der Waals surface area contributed by atoms with E-state index in [2.05, 4.69) is 9.97 Å². The second kappa shape index (κ2) is 9.59. The van der Waals surface area contributed by atoms with Crippen molar-refractivity contribution in [2.24, 2.45) is 0 Å². The van der Waals surface area contributed by atoms with Gasteiger partial charge in [0.25, 0.3) is 0 Å². The Kier molecular flexibility index (Phi) is 6.68. The van der Waals surface area contributed by atoms with Crippen LogP contribution in [0.25, 0.3) is 11.4 Å². The Hall–Kier alpha value is -3.54. The van der Waals surface area contributed by atoms with E-state index in [0.29, 0.717) is 30.0 Å². The van der Waals surface area contributed by atoms with E-state index in [1.807, 2.05) is 25.1 Å². The Morgan fingerprint density at radius 1 is 0.966 bits per heavy atom. The number of hydrogen-bond acceptors (Lipinski definition) is 6. The largest absolute Gasteiger partial charge is 0.459 e. The molecular weight excluding hydrogens is 368 g/mol. The summed E-state index contributed by atoms with van der Waals surface area (Å²) in [7, 11) is 0. The van der Waals surface area contributed by atoms with Crippen molar-refractivity contribution in [2.45, 2.75) is 32.8 Å². The number of hydrogen-bond donors (Lipinski definition) is 0. The van der Waals surface area contributed by atoms with Crippen molar-refractivity contribution in [3.8, 4) is 17.1 Å². The van der Waals surface area contributed by atoms with Crippen molar-refractivity contribution in [3.63, 3.8) is 0 Å². The molecule has 3 aromatic rings. The molecule has 1 atom stereocenters. The highest BCUT2D eigenvalue weighted by Crippen LogP contribution is 2.19. The van der Waals surface area contributed by atoms with Gasteiger partial charge in [0.15, 0.2) is 5.82 Å². The van der Waals surface area contributed by atoms with E-state index in [9.17, 15) is 9.59 Å². The van der Waals surface area contributed by atoms with Gasteiger partial charge < -0.3 is 9.47 Å². The number of aryl methyl sites for hydroxylation is 1. The molecule has 2 aromatic carbocycles. The van der Waals surface area contributed by atoms with Crippen LogP contribution in [0.15, 0.2) is 67.0 Å². The van der Waals surface area contributed by atoms with Crippen LogP contribution in [0.4, 0.5) is 0 Å². The second-order valence-electron chi connectivity index (χ2n) is 6.65. The molecule has 0 radical (unpaired) electrons. The average molecular weight is 390 g/mol. The molecule has 3 rings (SSSR count). The fourth-order valence-electron chi connectivity index (χ4n) is 2.72. The van der Waals surface area contributed by atoms with Gasteiger partial charge in [-0.1, -0.05) is 18.2 Å². The van der Waals surface area contributed by atoms with Crippen LogP contribution in [0.2, 0.25) is 0 Å². The van der Waals surface area contributed by atoms with E-state index in [4.69, 9.17) is 9.47 Å². The molecule has 1 aromatic heterocycles. The van der Waals surface area contributed by atoms with Gasteiger partial charge in [-0.25, -0.2) is 14.8 Å². The maximum absolute atomic E-state index is 12.1. The Morgan fingerprint density at radius 3 is 2.24 bits per heavy atom. The molecule has 148 valence electrons. The monoisotopic (exact) mass is 390 g/mol. The van der Waals surface area contributed by atoms with Crippen LogP contribution < -0.4 is 4.74 Å². The summed E-state index contributed by atoms with van der Waals surface area (Å²) in [6.45, 7) is 3.24. The van der Waals surface area contributed by atoms with Crippen molar-refractivity contribution in [1.82, 2.24) is 9.97 Å². The number of rotatable bonds is 7. The van der Waals surface area contributed by atoms with Crippen LogP contribution in [0.1, 0.15) is 36.2 Å². The molecule has 0 aliphatic carbocycles. The lowest BCUT2D eigenvalue weighted by Gasteiger charge is -2.13. The van der Waals surface area contributed by atoms with Gasteiger partial charge in [0, 0.05) is 24.9 Å². The molecular formula is C23H22N2O4. The number of ether oxygens (including phenoxy) is 2. The van der Waals surface area contributed by atoms with Gasteiger partial charge in [-0.3, -0.25) is 4.79 Å². The van der Waals surface area contributed by atoms with Crippen LogP contribution in [0, 0.1) is 0 Å². The summed E-state index contributed by atoms with van der Waals surface area (Å²) in [6, 6.07) is 16.0. The van der Waals surface area contributed by atoms with Crippen LogP contribution in [-0.2, 0) is 16.0 Å². The van der Waals surface area contributed by atoms with E-state index in [-0.39, 0.29) is 18.0 Å². The maximum Gasteiger partial charge on any atom is 0.338 e. The van der Waals surface area contributed by atoms with Crippen molar-refractivity contribution >= 4 is 11.9 Å². The predicted molar refractivity (Wildman–Crippen MR) is 108 cm³/mol. The molecule has 6 heteroatoms. The van der Waals surface area contributed by atoms with Crippen LogP contribution in [0.3, 0.4) is 0 Å². The van der Waals surface area contributed by atoms with Gasteiger partial charge in [-0.15, -0.1) is 0 Å². The quantitative estimate of drug-likeness (QED) is 0.443. The molecule has 0 amide bonds. The number of esters is 2. The lowest BCUT2D eigenvalue weighted by molar-refractivity contribution is -0.131. The van der Waals surface area contributed by atoms with E-state index in [1.165, 1.54) is 6.92 Å². The number of nitrogens with zero attached hydrogens (tertiary/aromatic N) is 2. The normalized spacial score (nSPS) is 11.5. The first-order valence-corrected chi connectivity index (χ1v) is 9.37. The molecule has 0 fully saturated rings. The van der Waals surface area contributed by atoms with Gasteiger partial charge in [0.1, 0.15) is 5.75 Å². The Labute approximate surface area is 169 Å². The van der Waals surface area contributed by atoms with Crippen molar-refractivity contribution in [3.05, 3.63) is 78.1 Å². The summed E-state index contributed by atoms with van der Waals surface area (Å²) in [5, 5.41) is 0. The van der Waals surface area contributed by atoms with Gasteiger partial charge in [-0.05, 0) is 61.7 Å². The number of benzene rings is 2. The average Bonchev–Trinajstić information content (AvgIpc) is 2.73. The fourth-order valence-corrected chi connectivity index (χ4v) is 2.72. The maximum atomic E-state index is 12.1. The Bertz CT molecular complexity index is 954.